The molecule has 5 aliphatic rings. The van der Waals surface area contributed by atoms with Crippen molar-refractivity contribution in [3.63, 3.8) is 0 Å². The van der Waals surface area contributed by atoms with E-state index in [1.807, 2.05) is 48.5 Å². The van der Waals surface area contributed by atoms with Crippen LogP contribution in [0.25, 0.3) is 0 Å². The molecule has 0 saturated carbocycles. The van der Waals surface area contributed by atoms with Gasteiger partial charge in [0.15, 0.2) is 0 Å². The van der Waals surface area contributed by atoms with E-state index in [9.17, 15) is 38.7 Å². The number of carbonyl (C=O) groups excluding carboxylic acids is 5. The summed E-state index contributed by atoms with van der Waals surface area (Å²) in [5, 5.41) is 23.1. The number of imide groups is 1. The summed E-state index contributed by atoms with van der Waals surface area (Å²) in [6.45, 7) is -0.240. The third kappa shape index (κ3) is 5.46. The summed E-state index contributed by atoms with van der Waals surface area (Å²) in [7, 11) is 0. The van der Waals surface area contributed by atoms with E-state index in [0.717, 1.165) is 27.2 Å². The quantitative estimate of drug-likeness (QED) is 0.228. The maximum absolute atomic E-state index is 14.0. The summed E-state index contributed by atoms with van der Waals surface area (Å²) >= 11 is 0. The van der Waals surface area contributed by atoms with Gasteiger partial charge in [0, 0.05) is 31.0 Å². The van der Waals surface area contributed by atoms with E-state index in [2.05, 4.69) is 15.6 Å². The molecule has 0 spiro atoms. The number of nitrogens with one attached hydrogen (secondary N) is 2. The van der Waals surface area contributed by atoms with E-state index in [-0.39, 0.29) is 54.4 Å². The van der Waals surface area contributed by atoms with Gasteiger partial charge in [-0.2, -0.15) is 0 Å². The molecule has 50 heavy (non-hydrogen) atoms. The van der Waals surface area contributed by atoms with Gasteiger partial charge < -0.3 is 25.7 Å². The van der Waals surface area contributed by atoms with Gasteiger partial charge in [-0.3, -0.25) is 28.8 Å². The van der Waals surface area contributed by atoms with Crippen molar-refractivity contribution >= 4 is 47.3 Å². The molecule has 2 saturated heterocycles. The monoisotopic (exact) mass is 679 g/mol. The van der Waals surface area contributed by atoms with Crippen molar-refractivity contribution in [2.24, 2.45) is 11.8 Å². The van der Waals surface area contributed by atoms with E-state index in [1.165, 1.54) is 23.2 Å². The first-order valence-electron chi connectivity index (χ1n) is 16.4. The van der Waals surface area contributed by atoms with Crippen molar-refractivity contribution in [2.75, 3.05) is 18.0 Å². The van der Waals surface area contributed by atoms with Crippen molar-refractivity contribution in [1.82, 2.24) is 20.5 Å². The molecule has 1 aromatic heterocycles. The number of nitrogens with zero attached hydrogens (tertiary/aromatic N) is 3. The number of carboxylic acids is 2. The molecule has 3 aliphatic carbocycles. The molecule has 2 unspecified atom stereocenters. The average Bonchev–Trinajstić information content (AvgIpc) is 3.72. The standard InChI is InChI=1S/C36H33N5O9/c42-26(40-15-5-10-24(40)33(46)39-23(36(49)50)12-14-27(43)44)17-38-32(45)18-11-13-25(37-16-18)41-34(47)30-28-19-6-1-2-7-20(19)29(31(30)35(41)48)22-9-4-3-8-21(22)28/h1-4,6-9,11,13,16,23-24,28-31H,5,10,12,14-15,17H2,(H,38,45)(H,39,46)(H,43,44)(H,49,50)/t23-,24-,28?,29?,30?,31?/m0/s1. The van der Waals surface area contributed by atoms with Crippen LogP contribution in [0.15, 0.2) is 66.9 Å². The molecule has 3 aromatic rings. The molecule has 2 aromatic carbocycles. The van der Waals surface area contributed by atoms with Crippen LogP contribution in [0.2, 0.25) is 0 Å². The van der Waals surface area contributed by atoms with Crippen LogP contribution < -0.4 is 15.5 Å². The number of rotatable bonds is 10. The minimum Gasteiger partial charge on any atom is -0.481 e. The highest BCUT2D eigenvalue weighted by Gasteiger charge is 2.62. The molecule has 14 heteroatoms. The number of aromatic nitrogens is 1. The highest BCUT2D eigenvalue weighted by molar-refractivity contribution is 6.23. The molecule has 4 atom stereocenters. The molecule has 5 amide bonds. The molecule has 0 radical (unpaired) electrons. The third-order valence-corrected chi connectivity index (χ3v) is 10.2. The second-order valence-electron chi connectivity index (χ2n) is 12.9. The van der Waals surface area contributed by atoms with Crippen LogP contribution >= 0.6 is 0 Å². The lowest BCUT2D eigenvalue weighted by atomic mass is 9.55. The number of carbonyl (C=O) groups is 7. The Labute approximate surface area is 285 Å². The van der Waals surface area contributed by atoms with Crippen LogP contribution in [-0.2, 0) is 28.8 Å². The Kier molecular flexibility index (Phi) is 8.38. The van der Waals surface area contributed by atoms with Gasteiger partial charge in [0.1, 0.15) is 17.9 Å². The molecular formula is C36H33N5O9. The smallest absolute Gasteiger partial charge is 0.326 e. The zero-order chi connectivity index (χ0) is 35.3. The zero-order valence-electron chi connectivity index (χ0n) is 26.7. The molecule has 14 nitrogen and oxygen atoms in total. The van der Waals surface area contributed by atoms with Gasteiger partial charge in [0.2, 0.25) is 23.6 Å². The number of carboxylic acid groups (broad SMARTS) is 2. The fourth-order valence-electron chi connectivity index (χ4n) is 8.05. The Hall–Kier alpha value is -5.92. The number of aliphatic carboxylic acids is 2. The number of hydrogen-bond acceptors (Lipinski definition) is 8. The molecule has 4 N–H and O–H groups in total. The van der Waals surface area contributed by atoms with Crippen LogP contribution in [-0.4, -0.2) is 86.7 Å². The number of likely N-dealkylation sites (tertiary alicyclic amines) is 1. The van der Waals surface area contributed by atoms with E-state index >= 15 is 0 Å². The average molecular weight is 680 g/mol. The number of benzene rings is 2. The second kappa shape index (κ2) is 12.8. The molecule has 2 bridgehead atoms. The lowest BCUT2D eigenvalue weighted by molar-refractivity contribution is -0.144. The number of anilines is 1. The van der Waals surface area contributed by atoms with E-state index in [0.29, 0.717) is 6.42 Å². The van der Waals surface area contributed by atoms with Crippen molar-refractivity contribution in [3.05, 3.63) is 94.7 Å². The van der Waals surface area contributed by atoms with Gasteiger partial charge in [-0.25, -0.2) is 14.7 Å². The Balaban J connectivity index is 1.00. The molecule has 2 fully saturated rings. The maximum Gasteiger partial charge on any atom is 0.326 e. The van der Waals surface area contributed by atoms with Crippen LogP contribution in [0.4, 0.5) is 5.82 Å². The van der Waals surface area contributed by atoms with Gasteiger partial charge >= 0.3 is 11.9 Å². The third-order valence-electron chi connectivity index (χ3n) is 10.2. The second-order valence-corrected chi connectivity index (χ2v) is 12.9. The first kappa shape index (κ1) is 32.6. The molecule has 3 heterocycles. The Morgan fingerprint density at radius 1 is 0.840 bits per heavy atom. The van der Waals surface area contributed by atoms with Crippen molar-refractivity contribution in [2.45, 2.75) is 49.6 Å². The largest absolute Gasteiger partial charge is 0.481 e. The summed E-state index contributed by atoms with van der Waals surface area (Å²) in [5.74, 6) is -6.78. The van der Waals surface area contributed by atoms with E-state index < -0.39 is 66.5 Å². The van der Waals surface area contributed by atoms with Crippen LogP contribution in [0.3, 0.4) is 0 Å². The van der Waals surface area contributed by atoms with Crippen LogP contribution in [0.5, 0.6) is 0 Å². The highest BCUT2D eigenvalue weighted by atomic mass is 16.4. The van der Waals surface area contributed by atoms with Gasteiger partial charge in [-0.15, -0.1) is 0 Å². The Morgan fingerprint density at radius 3 is 1.92 bits per heavy atom. The molecule has 2 aliphatic heterocycles. The number of pyridine rings is 1. The first-order valence-corrected chi connectivity index (χ1v) is 16.4. The minimum absolute atomic E-state index is 0.0800. The normalized spacial score (nSPS) is 23.5. The molecule has 256 valence electrons. The van der Waals surface area contributed by atoms with Gasteiger partial charge in [0.25, 0.3) is 5.91 Å². The zero-order valence-corrected chi connectivity index (χ0v) is 26.7. The Bertz CT molecular complexity index is 1830. The van der Waals surface area contributed by atoms with Crippen LogP contribution in [0.1, 0.15) is 70.1 Å². The maximum atomic E-state index is 14.0. The summed E-state index contributed by atoms with van der Waals surface area (Å²) in [5.41, 5.74) is 4.29. The lowest BCUT2D eigenvalue weighted by Crippen LogP contribution is -2.52. The van der Waals surface area contributed by atoms with E-state index in [1.54, 1.807) is 0 Å². The molecule has 8 rings (SSSR count). The fraction of sp³-hybridized carbons (Fsp3) is 0.333. The van der Waals surface area contributed by atoms with Crippen molar-refractivity contribution < 1.29 is 43.8 Å². The van der Waals surface area contributed by atoms with Gasteiger partial charge in [0.05, 0.1) is 23.9 Å². The lowest BCUT2D eigenvalue weighted by Gasteiger charge is -2.45. The predicted octanol–water partition coefficient (Wildman–Crippen LogP) is 1.63. The summed E-state index contributed by atoms with van der Waals surface area (Å²) in [4.78, 5) is 95.8. The number of amides is 5. The predicted molar refractivity (Wildman–Crippen MR) is 174 cm³/mol. The Morgan fingerprint density at radius 2 is 1.42 bits per heavy atom. The topological polar surface area (TPSA) is 203 Å². The van der Waals surface area contributed by atoms with Gasteiger partial charge in [-0.05, 0) is 53.6 Å². The molecular weight excluding hydrogens is 646 g/mol. The highest BCUT2D eigenvalue weighted by Crippen LogP contribution is 2.61. The summed E-state index contributed by atoms with van der Waals surface area (Å²) in [6.07, 6.45) is 1.21. The summed E-state index contributed by atoms with van der Waals surface area (Å²) < 4.78 is 0. The SMILES string of the molecule is O=C(O)CC[C@H](NC(=O)[C@@H]1CCCN1C(=O)CNC(=O)c1ccc(N2C(=O)C3C4c5ccccc5C(c5ccccc54)C3C2=O)nc1)C(=O)O. The van der Waals surface area contributed by atoms with Gasteiger partial charge in [-0.1, -0.05) is 48.5 Å². The summed E-state index contributed by atoms with van der Waals surface area (Å²) in [6, 6.07) is 16.3. The number of hydrogen-bond donors (Lipinski definition) is 4. The minimum atomic E-state index is -1.43. The van der Waals surface area contributed by atoms with Crippen molar-refractivity contribution in [3.8, 4) is 0 Å². The van der Waals surface area contributed by atoms with Crippen molar-refractivity contribution in [1.29, 1.82) is 0 Å². The van der Waals surface area contributed by atoms with E-state index in [4.69, 9.17) is 5.11 Å². The van der Waals surface area contributed by atoms with Crippen LogP contribution in [0, 0.1) is 11.8 Å². The fourth-order valence-corrected chi connectivity index (χ4v) is 8.05. The first-order chi connectivity index (χ1) is 24.1.